The second-order valence-electron chi connectivity index (χ2n) is 6.94. The monoisotopic (exact) mass is 452 g/mol. The van der Waals surface area contributed by atoms with Gasteiger partial charge in [0.25, 0.3) is 0 Å². The summed E-state index contributed by atoms with van der Waals surface area (Å²) in [6.45, 7) is 5.48. The minimum atomic E-state index is -0.608. The number of aliphatic hydroxyl groups is 1. The van der Waals surface area contributed by atoms with Gasteiger partial charge in [0.1, 0.15) is 16.6 Å². The predicted molar refractivity (Wildman–Crippen MR) is 115 cm³/mol. The summed E-state index contributed by atoms with van der Waals surface area (Å²) >= 11 is 7.59. The standard InChI is InChI=1S/C20H22ClFN4O3S/c1-10(2)29-18-11(3)4-12(7-24-18)19-25-26-20(30-19)14-5-16(22)17(6-15(14)21)28-9-13(23)8-27/h4-7,10,13,27H,8-9,23H2,1-3H3/t13-/m1/s1. The molecule has 0 radical (unpaired) electrons. The zero-order valence-electron chi connectivity index (χ0n) is 16.7. The van der Waals surface area contributed by atoms with Crippen molar-refractivity contribution < 1.29 is 19.0 Å². The van der Waals surface area contributed by atoms with Gasteiger partial charge in [-0.2, -0.15) is 0 Å². The van der Waals surface area contributed by atoms with Crippen LogP contribution in [0.15, 0.2) is 24.4 Å². The highest BCUT2D eigenvalue weighted by atomic mass is 35.5. The molecule has 10 heteroatoms. The number of ether oxygens (including phenoxy) is 2. The lowest BCUT2D eigenvalue weighted by molar-refractivity contribution is 0.202. The zero-order valence-corrected chi connectivity index (χ0v) is 18.3. The van der Waals surface area contributed by atoms with E-state index in [9.17, 15) is 4.39 Å². The third-order valence-corrected chi connectivity index (χ3v) is 5.31. The Hall–Kier alpha value is -2.33. The summed E-state index contributed by atoms with van der Waals surface area (Å²) in [5.74, 6) is -0.0814. The molecule has 3 N–H and O–H groups in total. The SMILES string of the molecule is Cc1cc(-c2nnc(-c3cc(F)c(OC[C@H](N)CO)cc3Cl)s2)cnc1OC(C)C. The van der Waals surface area contributed by atoms with E-state index in [-0.39, 0.29) is 30.1 Å². The molecule has 2 heterocycles. The van der Waals surface area contributed by atoms with E-state index in [0.29, 0.717) is 21.5 Å². The first-order valence-electron chi connectivity index (χ1n) is 9.24. The van der Waals surface area contributed by atoms with Crippen LogP contribution in [0, 0.1) is 12.7 Å². The van der Waals surface area contributed by atoms with Crippen LogP contribution in [0.1, 0.15) is 19.4 Å². The number of rotatable bonds is 8. The molecule has 0 bridgehead atoms. The Kier molecular flexibility index (Phi) is 7.19. The van der Waals surface area contributed by atoms with Gasteiger partial charge in [0, 0.05) is 29.0 Å². The van der Waals surface area contributed by atoms with E-state index in [1.54, 1.807) is 6.20 Å². The van der Waals surface area contributed by atoms with Gasteiger partial charge in [-0.05, 0) is 32.9 Å². The fourth-order valence-corrected chi connectivity index (χ4v) is 3.68. The molecule has 3 rings (SSSR count). The van der Waals surface area contributed by atoms with Crippen LogP contribution < -0.4 is 15.2 Å². The van der Waals surface area contributed by atoms with E-state index >= 15 is 0 Å². The van der Waals surface area contributed by atoms with Crippen molar-refractivity contribution >= 4 is 22.9 Å². The average Bonchev–Trinajstić information content (AvgIpc) is 3.19. The van der Waals surface area contributed by atoms with E-state index in [2.05, 4.69) is 15.2 Å². The van der Waals surface area contributed by atoms with E-state index in [1.165, 1.54) is 23.5 Å². The van der Waals surface area contributed by atoms with E-state index < -0.39 is 11.9 Å². The van der Waals surface area contributed by atoms with Gasteiger partial charge in [-0.25, -0.2) is 9.37 Å². The lowest BCUT2D eigenvalue weighted by atomic mass is 10.2. The summed E-state index contributed by atoms with van der Waals surface area (Å²) in [7, 11) is 0. The Morgan fingerprint density at radius 2 is 1.97 bits per heavy atom. The molecule has 0 aliphatic heterocycles. The lowest BCUT2D eigenvalue weighted by Crippen LogP contribution is -2.31. The molecule has 0 saturated heterocycles. The molecule has 0 spiro atoms. The number of nitrogens with two attached hydrogens (primary N) is 1. The van der Waals surface area contributed by atoms with Gasteiger partial charge in [0.15, 0.2) is 11.6 Å². The third-order valence-electron chi connectivity index (χ3n) is 3.99. The van der Waals surface area contributed by atoms with Crippen LogP contribution in [-0.2, 0) is 0 Å². The molecule has 0 aliphatic carbocycles. The molecule has 2 aromatic heterocycles. The van der Waals surface area contributed by atoms with Gasteiger partial charge in [0.05, 0.1) is 23.8 Å². The van der Waals surface area contributed by atoms with Gasteiger partial charge in [-0.15, -0.1) is 10.2 Å². The average molecular weight is 453 g/mol. The van der Waals surface area contributed by atoms with Crippen molar-refractivity contribution in [2.24, 2.45) is 5.73 Å². The highest BCUT2D eigenvalue weighted by Crippen LogP contribution is 2.37. The number of aryl methyl sites for hydroxylation is 1. The van der Waals surface area contributed by atoms with Gasteiger partial charge in [0.2, 0.25) is 5.88 Å². The third kappa shape index (κ3) is 5.23. The number of nitrogens with zero attached hydrogens (tertiary/aromatic N) is 3. The van der Waals surface area contributed by atoms with Crippen molar-refractivity contribution in [3.63, 3.8) is 0 Å². The fourth-order valence-electron chi connectivity index (χ4n) is 2.53. The van der Waals surface area contributed by atoms with Crippen LogP contribution in [-0.4, -0.2) is 45.6 Å². The fraction of sp³-hybridized carbons (Fsp3) is 0.350. The number of hydrogen-bond acceptors (Lipinski definition) is 8. The Labute approximate surface area is 182 Å². The molecule has 0 saturated carbocycles. The predicted octanol–water partition coefficient (Wildman–Crippen LogP) is 3.85. The van der Waals surface area contributed by atoms with Gasteiger partial charge in [-0.1, -0.05) is 22.9 Å². The number of aromatic nitrogens is 3. The Balaban J connectivity index is 1.84. The Bertz CT molecular complexity index is 1030. The maximum Gasteiger partial charge on any atom is 0.216 e. The van der Waals surface area contributed by atoms with E-state index in [4.69, 9.17) is 31.9 Å². The second-order valence-corrected chi connectivity index (χ2v) is 8.33. The normalized spacial score (nSPS) is 12.3. The molecule has 0 aliphatic rings. The topological polar surface area (TPSA) is 103 Å². The molecule has 0 amide bonds. The number of benzene rings is 1. The van der Waals surface area contributed by atoms with Crippen LogP contribution in [0.3, 0.4) is 0 Å². The summed E-state index contributed by atoms with van der Waals surface area (Å²) in [5.41, 5.74) is 7.63. The Morgan fingerprint density at radius 1 is 1.23 bits per heavy atom. The highest BCUT2D eigenvalue weighted by Gasteiger charge is 2.17. The Morgan fingerprint density at radius 3 is 2.63 bits per heavy atom. The van der Waals surface area contributed by atoms with Gasteiger partial charge < -0.3 is 20.3 Å². The minimum Gasteiger partial charge on any atom is -0.489 e. The first-order valence-corrected chi connectivity index (χ1v) is 10.4. The second kappa shape index (κ2) is 9.65. The van der Waals surface area contributed by atoms with Crippen molar-refractivity contribution in [2.75, 3.05) is 13.2 Å². The van der Waals surface area contributed by atoms with E-state index in [1.807, 2.05) is 26.8 Å². The lowest BCUT2D eigenvalue weighted by Gasteiger charge is -2.12. The van der Waals surface area contributed by atoms with Crippen molar-refractivity contribution in [3.05, 3.63) is 40.8 Å². The number of aliphatic hydroxyl groups excluding tert-OH is 1. The molecule has 7 nitrogen and oxygen atoms in total. The van der Waals surface area contributed by atoms with Crippen LogP contribution in [0.5, 0.6) is 11.6 Å². The molecular weight excluding hydrogens is 431 g/mol. The summed E-state index contributed by atoms with van der Waals surface area (Å²) in [6, 6.07) is 3.91. The first-order chi connectivity index (χ1) is 14.3. The quantitative estimate of drug-likeness (QED) is 0.534. The van der Waals surface area contributed by atoms with Crippen molar-refractivity contribution in [1.29, 1.82) is 0 Å². The number of halogens is 2. The minimum absolute atomic E-state index is 0.0264. The van der Waals surface area contributed by atoms with Crippen LogP contribution in [0.25, 0.3) is 21.1 Å². The number of hydrogen-bond donors (Lipinski definition) is 2. The number of pyridine rings is 1. The van der Waals surface area contributed by atoms with Crippen LogP contribution in [0.2, 0.25) is 5.02 Å². The largest absolute Gasteiger partial charge is 0.489 e. The summed E-state index contributed by atoms with van der Waals surface area (Å²) in [4.78, 5) is 4.35. The summed E-state index contributed by atoms with van der Waals surface area (Å²) in [6.07, 6.45) is 1.69. The summed E-state index contributed by atoms with van der Waals surface area (Å²) in [5, 5.41) is 18.6. The van der Waals surface area contributed by atoms with Crippen molar-refractivity contribution in [3.8, 4) is 32.8 Å². The van der Waals surface area contributed by atoms with Crippen LogP contribution in [0.4, 0.5) is 4.39 Å². The van der Waals surface area contributed by atoms with Gasteiger partial charge in [-0.3, -0.25) is 0 Å². The molecular formula is C20H22ClFN4O3S. The molecule has 3 aromatic rings. The molecule has 0 fully saturated rings. The first kappa shape index (κ1) is 22.4. The zero-order chi connectivity index (χ0) is 21.8. The molecule has 0 unspecified atom stereocenters. The summed E-state index contributed by atoms with van der Waals surface area (Å²) < 4.78 is 25.4. The van der Waals surface area contributed by atoms with Crippen LogP contribution >= 0.6 is 22.9 Å². The van der Waals surface area contributed by atoms with E-state index in [0.717, 1.165) is 11.1 Å². The van der Waals surface area contributed by atoms with Crippen molar-refractivity contribution in [2.45, 2.75) is 32.9 Å². The maximum atomic E-state index is 14.4. The molecule has 1 atom stereocenters. The molecule has 160 valence electrons. The van der Waals surface area contributed by atoms with Gasteiger partial charge >= 0.3 is 0 Å². The maximum absolute atomic E-state index is 14.4. The molecule has 1 aromatic carbocycles. The molecule has 30 heavy (non-hydrogen) atoms. The van der Waals surface area contributed by atoms with Crippen molar-refractivity contribution in [1.82, 2.24) is 15.2 Å². The highest BCUT2D eigenvalue weighted by molar-refractivity contribution is 7.18. The smallest absolute Gasteiger partial charge is 0.216 e.